The highest BCUT2D eigenvalue weighted by Gasteiger charge is 2.36. The molecule has 8 heteroatoms. The molecular formula is C21H25ClN2O4S. The van der Waals surface area contributed by atoms with Crippen LogP contribution in [0.4, 0.5) is 11.4 Å². The van der Waals surface area contributed by atoms with Crippen molar-refractivity contribution in [2.24, 2.45) is 0 Å². The molecule has 0 bridgehead atoms. The molecule has 29 heavy (non-hydrogen) atoms. The molecular weight excluding hydrogens is 412 g/mol. The SMILES string of the molecule is Cc1ccc(Cl)cc1NC(=O)C1CN(S(C)(=O)=O)c2cc(C(C)(C)C)ccc2O1. The Morgan fingerprint density at radius 2 is 1.90 bits per heavy atom. The average molecular weight is 437 g/mol. The smallest absolute Gasteiger partial charge is 0.267 e. The van der Waals surface area contributed by atoms with Gasteiger partial charge in [-0.05, 0) is 47.7 Å². The van der Waals surface area contributed by atoms with Gasteiger partial charge >= 0.3 is 0 Å². The maximum atomic E-state index is 12.8. The predicted octanol–water partition coefficient (Wildman–Crippen LogP) is 4.11. The van der Waals surface area contributed by atoms with Crippen LogP contribution in [-0.2, 0) is 20.2 Å². The number of ether oxygens (including phenoxy) is 1. The van der Waals surface area contributed by atoms with E-state index in [9.17, 15) is 13.2 Å². The first-order chi connectivity index (χ1) is 13.4. The molecule has 1 heterocycles. The minimum atomic E-state index is -3.60. The zero-order valence-electron chi connectivity index (χ0n) is 17.1. The van der Waals surface area contributed by atoms with Crippen molar-refractivity contribution in [2.45, 2.75) is 39.2 Å². The molecule has 0 aromatic heterocycles. The maximum absolute atomic E-state index is 12.8. The van der Waals surface area contributed by atoms with Crippen LogP contribution in [0.1, 0.15) is 31.9 Å². The molecule has 1 aliphatic rings. The molecule has 2 aromatic rings. The molecule has 1 N–H and O–H groups in total. The van der Waals surface area contributed by atoms with E-state index in [-0.39, 0.29) is 12.0 Å². The molecule has 0 radical (unpaired) electrons. The van der Waals surface area contributed by atoms with Gasteiger partial charge in [0.15, 0.2) is 6.10 Å². The minimum Gasteiger partial charge on any atom is -0.476 e. The first kappa shape index (κ1) is 21.5. The van der Waals surface area contributed by atoms with E-state index in [0.29, 0.717) is 22.1 Å². The van der Waals surface area contributed by atoms with Crippen molar-refractivity contribution in [3.63, 3.8) is 0 Å². The van der Waals surface area contributed by atoms with E-state index >= 15 is 0 Å². The molecule has 6 nitrogen and oxygen atoms in total. The van der Waals surface area contributed by atoms with Gasteiger partial charge < -0.3 is 10.1 Å². The Kier molecular flexibility index (Phi) is 5.58. The van der Waals surface area contributed by atoms with Gasteiger partial charge in [-0.2, -0.15) is 0 Å². The van der Waals surface area contributed by atoms with Crippen molar-refractivity contribution in [1.82, 2.24) is 0 Å². The molecule has 156 valence electrons. The van der Waals surface area contributed by atoms with Crippen LogP contribution >= 0.6 is 11.6 Å². The summed E-state index contributed by atoms with van der Waals surface area (Å²) in [4.78, 5) is 12.8. The van der Waals surface area contributed by atoms with Gasteiger partial charge in [-0.3, -0.25) is 9.10 Å². The summed E-state index contributed by atoms with van der Waals surface area (Å²) in [6, 6.07) is 10.6. The molecule has 0 saturated heterocycles. The summed E-state index contributed by atoms with van der Waals surface area (Å²) in [7, 11) is -3.60. The van der Waals surface area contributed by atoms with Crippen LogP contribution in [0.15, 0.2) is 36.4 Å². The van der Waals surface area contributed by atoms with Crippen molar-refractivity contribution in [3.05, 3.63) is 52.5 Å². The molecule has 3 rings (SSSR count). The second-order valence-corrected chi connectivity index (χ2v) is 10.6. The fourth-order valence-electron chi connectivity index (χ4n) is 3.11. The van der Waals surface area contributed by atoms with E-state index in [4.69, 9.17) is 16.3 Å². The third-order valence-electron chi connectivity index (χ3n) is 4.84. The number of rotatable bonds is 3. The number of aryl methyl sites for hydroxylation is 1. The van der Waals surface area contributed by atoms with Crippen LogP contribution in [0.25, 0.3) is 0 Å². The number of carbonyl (C=O) groups is 1. The summed E-state index contributed by atoms with van der Waals surface area (Å²) in [5.41, 5.74) is 2.67. The molecule has 1 aliphatic heterocycles. The van der Waals surface area contributed by atoms with Gasteiger partial charge in [0.25, 0.3) is 5.91 Å². The number of fused-ring (bicyclic) bond motifs is 1. The first-order valence-corrected chi connectivity index (χ1v) is 11.4. The first-order valence-electron chi connectivity index (χ1n) is 9.22. The third kappa shape index (κ3) is 4.67. The highest BCUT2D eigenvalue weighted by molar-refractivity contribution is 7.92. The van der Waals surface area contributed by atoms with E-state index in [1.807, 2.05) is 39.8 Å². The Bertz CT molecular complexity index is 1060. The number of hydrogen-bond donors (Lipinski definition) is 1. The summed E-state index contributed by atoms with van der Waals surface area (Å²) in [6.07, 6.45) is 0.137. The average Bonchev–Trinajstić information content (AvgIpc) is 2.61. The number of hydrogen-bond acceptors (Lipinski definition) is 4. The third-order valence-corrected chi connectivity index (χ3v) is 6.23. The van der Waals surface area contributed by atoms with Crippen molar-refractivity contribution in [1.29, 1.82) is 0 Å². The lowest BCUT2D eigenvalue weighted by Gasteiger charge is -2.35. The van der Waals surface area contributed by atoms with Gasteiger partial charge in [-0.15, -0.1) is 0 Å². The fourth-order valence-corrected chi connectivity index (χ4v) is 4.19. The largest absolute Gasteiger partial charge is 0.476 e. The second-order valence-electron chi connectivity index (χ2n) is 8.28. The highest BCUT2D eigenvalue weighted by Crippen LogP contribution is 2.38. The number of anilines is 2. The Balaban J connectivity index is 1.94. The fraction of sp³-hybridized carbons (Fsp3) is 0.381. The molecule has 2 aromatic carbocycles. The quantitative estimate of drug-likeness (QED) is 0.785. The number of nitrogens with zero attached hydrogens (tertiary/aromatic N) is 1. The molecule has 1 amide bonds. The van der Waals surface area contributed by atoms with Crippen molar-refractivity contribution < 1.29 is 17.9 Å². The van der Waals surface area contributed by atoms with E-state index in [1.165, 1.54) is 4.31 Å². The number of carbonyl (C=O) groups excluding carboxylic acids is 1. The van der Waals surface area contributed by atoms with Crippen LogP contribution in [-0.4, -0.2) is 33.2 Å². The van der Waals surface area contributed by atoms with Gasteiger partial charge in [-0.1, -0.05) is 44.5 Å². The van der Waals surface area contributed by atoms with Crippen LogP contribution in [0.3, 0.4) is 0 Å². The zero-order chi connectivity index (χ0) is 21.6. The molecule has 0 saturated carbocycles. The van der Waals surface area contributed by atoms with Gasteiger partial charge in [0.2, 0.25) is 10.0 Å². The molecule has 0 spiro atoms. The summed E-state index contributed by atoms with van der Waals surface area (Å²) in [5, 5.41) is 3.28. The molecule has 1 unspecified atom stereocenters. The summed E-state index contributed by atoms with van der Waals surface area (Å²) >= 11 is 6.02. The lowest BCUT2D eigenvalue weighted by molar-refractivity contribution is -0.122. The number of nitrogens with one attached hydrogen (secondary N) is 1. The Morgan fingerprint density at radius 3 is 2.52 bits per heavy atom. The molecule has 0 aliphatic carbocycles. The summed E-state index contributed by atoms with van der Waals surface area (Å²) in [5.74, 6) is -0.0767. The van der Waals surface area contributed by atoms with Gasteiger partial charge in [-0.25, -0.2) is 8.42 Å². The van der Waals surface area contributed by atoms with Gasteiger partial charge in [0.05, 0.1) is 18.5 Å². The maximum Gasteiger partial charge on any atom is 0.267 e. The van der Waals surface area contributed by atoms with Crippen LogP contribution in [0, 0.1) is 6.92 Å². The standard InChI is InChI=1S/C21H25ClN2O4S/c1-13-6-8-15(22)11-16(13)23-20(25)19-12-24(29(5,26)27)17-10-14(21(2,3)4)7-9-18(17)28-19/h6-11,19H,12H2,1-5H3,(H,23,25). The summed E-state index contributed by atoms with van der Waals surface area (Å²) in [6.45, 7) is 7.89. The zero-order valence-corrected chi connectivity index (χ0v) is 18.7. The van der Waals surface area contributed by atoms with Crippen molar-refractivity contribution >= 4 is 38.9 Å². The second kappa shape index (κ2) is 7.54. The number of sulfonamides is 1. The van der Waals surface area contributed by atoms with Crippen LogP contribution in [0.2, 0.25) is 5.02 Å². The number of amides is 1. The van der Waals surface area contributed by atoms with E-state index in [0.717, 1.165) is 17.4 Å². The topological polar surface area (TPSA) is 75.7 Å². The van der Waals surface area contributed by atoms with Crippen molar-refractivity contribution in [3.8, 4) is 5.75 Å². The Labute approximate surface area is 176 Å². The van der Waals surface area contributed by atoms with Gasteiger partial charge in [0.1, 0.15) is 5.75 Å². The Hall–Kier alpha value is -2.25. The van der Waals surface area contributed by atoms with E-state index in [2.05, 4.69) is 5.32 Å². The van der Waals surface area contributed by atoms with Crippen LogP contribution < -0.4 is 14.4 Å². The number of halogens is 1. The van der Waals surface area contributed by atoms with Crippen LogP contribution in [0.5, 0.6) is 5.75 Å². The predicted molar refractivity (Wildman–Crippen MR) is 117 cm³/mol. The van der Waals surface area contributed by atoms with Crippen molar-refractivity contribution in [2.75, 3.05) is 22.4 Å². The molecule has 0 fully saturated rings. The minimum absolute atomic E-state index is 0.106. The van der Waals surface area contributed by atoms with Gasteiger partial charge in [0, 0.05) is 10.7 Å². The lowest BCUT2D eigenvalue weighted by atomic mass is 9.86. The number of benzene rings is 2. The van der Waals surface area contributed by atoms with E-state index < -0.39 is 22.0 Å². The highest BCUT2D eigenvalue weighted by atomic mass is 35.5. The normalized spacial score (nSPS) is 16.8. The Morgan fingerprint density at radius 1 is 1.21 bits per heavy atom. The monoisotopic (exact) mass is 436 g/mol. The molecule has 1 atom stereocenters. The summed E-state index contributed by atoms with van der Waals surface area (Å²) < 4.78 is 32.0. The lowest BCUT2D eigenvalue weighted by Crippen LogP contribution is -2.48. The van der Waals surface area contributed by atoms with E-state index in [1.54, 1.807) is 24.3 Å².